The molecule has 0 aliphatic rings. The molecule has 0 atom stereocenters. The van der Waals surface area contributed by atoms with E-state index in [0.29, 0.717) is 46.6 Å². The van der Waals surface area contributed by atoms with Gasteiger partial charge in [-0.3, -0.25) is 4.79 Å². The fourth-order valence-electron chi connectivity index (χ4n) is 4.52. The van der Waals surface area contributed by atoms with E-state index in [1.807, 2.05) is 56.3 Å². The first kappa shape index (κ1) is 29.9. The zero-order valence-electron chi connectivity index (χ0n) is 23.3. The van der Waals surface area contributed by atoms with E-state index in [9.17, 15) is 9.59 Å². The average molecular weight is 661 g/mol. The number of carbonyl (C=O) groups is 2. The molecule has 0 bridgehead atoms. The van der Waals surface area contributed by atoms with E-state index in [4.69, 9.17) is 25.8 Å². The number of carbonyl (C=O) groups excluding carboxylic acids is 2. The van der Waals surface area contributed by atoms with Crippen LogP contribution in [0, 0.1) is 0 Å². The summed E-state index contributed by atoms with van der Waals surface area (Å²) < 4.78 is 17.7. The topological polar surface area (TPSA) is 102 Å². The molecule has 43 heavy (non-hydrogen) atoms. The van der Waals surface area contributed by atoms with Gasteiger partial charge in [0, 0.05) is 37.1 Å². The summed E-state index contributed by atoms with van der Waals surface area (Å²) in [6.45, 7) is 4.59. The minimum atomic E-state index is -0.590. The number of ether oxygens (including phenoxy) is 3. The van der Waals surface area contributed by atoms with E-state index in [2.05, 4.69) is 31.4 Å². The molecule has 2 N–H and O–H groups in total. The van der Waals surface area contributed by atoms with E-state index in [1.54, 1.807) is 42.5 Å². The molecule has 0 spiro atoms. The maximum Gasteiger partial charge on any atom is 0.343 e. The van der Waals surface area contributed by atoms with Gasteiger partial charge in [0.25, 0.3) is 5.91 Å². The third kappa shape index (κ3) is 6.74. The number of halogens is 2. The molecule has 0 fully saturated rings. The van der Waals surface area contributed by atoms with Crippen LogP contribution in [0.1, 0.15) is 40.3 Å². The number of hydrogen-bond acceptors (Lipinski definition) is 6. The van der Waals surface area contributed by atoms with Crippen molar-refractivity contribution >= 4 is 56.5 Å². The SMILES string of the molecule is CCOc1ccc(C(=O)Oc2ccc(Br)cc2C=NNC(=O)c2[nH]c3ccccc3c2-c2ccccc2Cl)cc1OCC. The smallest absolute Gasteiger partial charge is 0.343 e. The Kier molecular flexibility index (Phi) is 9.44. The van der Waals surface area contributed by atoms with Gasteiger partial charge in [-0.2, -0.15) is 5.10 Å². The van der Waals surface area contributed by atoms with Gasteiger partial charge in [-0.05, 0) is 62.4 Å². The number of benzene rings is 4. The van der Waals surface area contributed by atoms with Gasteiger partial charge in [0.15, 0.2) is 11.5 Å². The number of H-pyrrole nitrogens is 1. The lowest BCUT2D eigenvalue weighted by Crippen LogP contribution is -2.19. The highest BCUT2D eigenvalue weighted by molar-refractivity contribution is 9.10. The zero-order chi connectivity index (χ0) is 30.3. The van der Waals surface area contributed by atoms with E-state index in [0.717, 1.165) is 20.9 Å². The number of hydrogen-bond donors (Lipinski definition) is 2. The van der Waals surface area contributed by atoms with Crippen LogP contribution in [-0.2, 0) is 0 Å². The molecule has 5 rings (SSSR count). The number of nitrogens with one attached hydrogen (secondary N) is 2. The summed E-state index contributed by atoms with van der Waals surface area (Å²) in [5.74, 6) is 0.189. The molecule has 10 heteroatoms. The highest BCUT2D eigenvalue weighted by atomic mass is 79.9. The average Bonchev–Trinajstić information content (AvgIpc) is 3.39. The van der Waals surface area contributed by atoms with Gasteiger partial charge in [0.05, 0.1) is 25.0 Å². The maximum absolute atomic E-state index is 13.4. The van der Waals surface area contributed by atoms with Crippen molar-refractivity contribution in [2.75, 3.05) is 13.2 Å². The zero-order valence-corrected chi connectivity index (χ0v) is 25.7. The Labute approximate surface area is 261 Å². The normalized spacial score (nSPS) is 11.1. The maximum atomic E-state index is 13.4. The standard InChI is InChI=1S/C33H27BrClN3O5/c1-3-41-28-15-13-20(18-29(28)42-4-2)33(40)43-27-16-14-22(34)17-21(27)19-36-38-32(39)31-30(23-9-5-7-11-25(23)35)24-10-6-8-12-26(24)37-31/h5-19,37H,3-4H2,1-2H3,(H,38,39). The van der Waals surface area contributed by atoms with Crippen LogP contribution in [-0.4, -0.2) is 36.3 Å². The van der Waals surface area contributed by atoms with Crippen LogP contribution < -0.4 is 19.6 Å². The van der Waals surface area contributed by atoms with Crippen LogP contribution in [0.2, 0.25) is 5.02 Å². The third-order valence-corrected chi connectivity index (χ3v) is 7.22. The van der Waals surface area contributed by atoms with Crippen LogP contribution in [0.5, 0.6) is 17.2 Å². The summed E-state index contributed by atoms with van der Waals surface area (Å²) in [6, 6.07) is 24.9. The van der Waals surface area contributed by atoms with Gasteiger partial charge in [0.1, 0.15) is 11.4 Å². The first-order valence-electron chi connectivity index (χ1n) is 13.5. The van der Waals surface area contributed by atoms with Gasteiger partial charge in [-0.25, -0.2) is 10.2 Å². The first-order valence-corrected chi connectivity index (χ1v) is 14.7. The molecule has 1 heterocycles. The Morgan fingerprint density at radius 1 is 0.907 bits per heavy atom. The molecule has 1 aromatic heterocycles. The summed E-state index contributed by atoms with van der Waals surface area (Å²) in [7, 11) is 0. The summed E-state index contributed by atoms with van der Waals surface area (Å²) in [4.78, 5) is 29.6. The largest absolute Gasteiger partial charge is 0.490 e. The van der Waals surface area contributed by atoms with E-state index in [1.165, 1.54) is 6.21 Å². The summed E-state index contributed by atoms with van der Waals surface area (Å²) >= 11 is 9.95. The Hall–Kier alpha value is -4.60. The van der Waals surface area contributed by atoms with Crippen molar-refractivity contribution in [1.29, 1.82) is 0 Å². The van der Waals surface area contributed by atoms with Crippen molar-refractivity contribution in [2.45, 2.75) is 13.8 Å². The fourth-order valence-corrected chi connectivity index (χ4v) is 5.13. The second-order valence-electron chi connectivity index (χ2n) is 9.20. The number of aromatic nitrogens is 1. The molecular formula is C33H27BrClN3O5. The number of esters is 1. The second kappa shape index (κ2) is 13.6. The number of fused-ring (bicyclic) bond motifs is 1. The molecule has 218 valence electrons. The molecule has 0 radical (unpaired) electrons. The van der Waals surface area contributed by atoms with Crippen molar-refractivity contribution in [3.05, 3.63) is 111 Å². The molecule has 5 aromatic rings. The van der Waals surface area contributed by atoms with Gasteiger partial charge in [0.2, 0.25) is 0 Å². The van der Waals surface area contributed by atoms with Crippen molar-refractivity contribution < 1.29 is 23.8 Å². The molecule has 0 saturated heterocycles. The molecule has 0 unspecified atom stereocenters. The minimum Gasteiger partial charge on any atom is -0.490 e. The van der Waals surface area contributed by atoms with E-state index >= 15 is 0 Å². The quantitative estimate of drug-likeness (QED) is 0.0684. The summed E-state index contributed by atoms with van der Waals surface area (Å²) in [5, 5.41) is 5.55. The fraction of sp³-hybridized carbons (Fsp3) is 0.121. The molecule has 0 saturated carbocycles. The van der Waals surface area contributed by atoms with Crippen LogP contribution in [0.25, 0.3) is 22.0 Å². The first-order chi connectivity index (χ1) is 20.9. The highest BCUT2D eigenvalue weighted by Crippen LogP contribution is 2.36. The number of hydrazone groups is 1. The molecule has 0 aliphatic carbocycles. The lowest BCUT2D eigenvalue weighted by Gasteiger charge is -2.13. The summed E-state index contributed by atoms with van der Waals surface area (Å²) in [5.41, 5.74) is 5.82. The van der Waals surface area contributed by atoms with Gasteiger partial charge in [-0.15, -0.1) is 0 Å². The number of aromatic amines is 1. The Balaban J connectivity index is 1.38. The Morgan fingerprint density at radius 2 is 1.63 bits per heavy atom. The number of para-hydroxylation sites is 1. The number of rotatable bonds is 10. The van der Waals surface area contributed by atoms with Crippen molar-refractivity contribution in [1.82, 2.24) is 10.4 Å². The predicted molar refractivity (Wildman–Crippen MR) is 172 cm³/mol. The van der Waals surface area contributed by atoms with Crippen LogP contribution in [0.3, 0.4) is 0 Å². The Bertz CT molecular complexity index is 1840. The van der Waals surface area contributed by atoms with Gasteiger partial charge >= 0.3 is 5.97 Å². The minimum absolute atomic E-state index is 0.250. The van der Waals surface area contributed by atoms with Crippen LogP contribution in [0.15, 0.2) is 94.5 Å². The molecule has 8 nitrogen and oxygen atoms in total. The lowest BCUT2D eigenvalue weighted by atomic mass is 10.0. The molecular weight excluding hydrogens is 634 g/mol. The van der Waals surface area contributed by atoms with Gasteiger partial charge < -0.3 is 19.2 Å². The van der Waals surface area contributed by atoms with E-state index < -0.39 is 11.9 Å². The van der Waals surface area contributed by atoms with Gasteiger partial charge in [-0.1, -0.05) is 63.9 Å². The summed E-state index contributed by atoms with van der Waals surface area (Å²) in [6.07, 6.45) is 1.41. The molecule has 0 aliphatic heterocycles. The van der Waals surface area contributed by atoms with E-state index in [-0.39, 0.29) is 11.3 Å². The van der Waals surface area contributed by atoms with Crippen molar-refractivity contribution in [2.24, 2.45) is 5.10 Å². The monoisotopic (exact) mass is 659 g/mol. The van der Waals surface area contributed by atoms with Crippen LogP contribution >= 0.6 is 27.5 Å². The number of nitrogens with zero attached hydrogens (tertiary/aromatic N) is 1. The highest BCUT2D eigenvalue weighted by Gasteiger charge is 2.21. The third-order valence-electron chi connectivity index (χ3n) is 6.40. The van der Waals surface area contributed by atoms with Crippen LogP contribution in [0.4, 0.5) is 0 Å². The predicted octanol–water partition coefficient (Wildman–Crippen LogP) is 8.03. The van der Waals surface area contributed by atoms with Crippen molar-refractivity contribution in [3.8, 4) is 28.4 Å². The van der Waals surface area contributed by atoms with Crippen molar-refractivity contribution in [3.63, 3.8) is 0 Å². The molecule has 1 amide bonds. The second-order valence-corrected chi connectivity index (χ2v) is 10.5. The number of amides is 1. The lowest BCUT2D eigenvalue weighted by molar-refractivity contribution is 0.0733. The Morgan fingerprint density at radius 3 is 2.42 bits per heavy atom. The molecule has 4 aromatic carbocycles.